The molecular formula is C15H24N2O. The van der Waals surface area contributed by atoms with Crippen LogP contribution in [0.25, 0.3) is 0 Å². The molecule has 0 rings (SSSR count). The molecule has 0 heterocycles. The molecule has 0 aromatic rings. The largest absolute Gasteiger partial charge is 0.351 e. The van der Waals surface area contributed by atoms with Crippen molar-refractivity contribution in [3.05, 3.63) is 48.6 Å². The molecule has 2 N–H and O–H groups in total. The number of carbonyl (C=O) groups is 1. The van der Waals surface area contributed by atoms with Gasteiger partial charge in [0.25, 0.3) is 0 Å². The quantitative estimate of drug-likeness (QED) is 0.511. The van der Waals surface area contributed by atoms with Crippen LogP contribution in [0.3, 0.4) is 0 Å². The van der Waals surface area contributed by atoms with E-state index in [1.807, 2.05) is 51.2 Å². The Morgan fingerprint density at radius 1 is 1.33 bits per heavy atom. The first-order chi connectivity index (χ1) is 8.61. The van der Waals surface area contributed by atoms with E-state index in [9.17, 15) is 4.79 Å². The summed E-state index contributed by atoms with van der Waals surface area (Å²) in [5.41, 5.74) is 1.18. The highest BCUT2D eigenvalue weighted by atomic mass is 16.2. The molecule has 3 nitrogen and oxygen atoms in total. The topological polar surface area (TPSA) is 41.1 Å². The van der Waals surface area contributed by atoms with Crippen LogP contribution < -0.4 is 10.6 Å². The third kappa shape index (κ3) is 8.53. The van der Waals surface area contributed by atoms with Crippen molar-refractivity contribution >= 4 is 5.91 Å². The zero-order valence-electron chi connectivity index (χ0n) is 11.6. The summed E-state index contributed by atoms with van der Waals surface area (Å²) >= 11 is 0. The molecule has 0 radical (unpaired) electrons. The third-order valence-corrected chi connectivity index (χ3v) is 2.30. The maximum Gasteiger partial charge on any atom is 0.237 e. The van der Waals surface area contributed by atoms with Gasteiger partial charge in [0.1, 0.15) is 0 Å². The van der Waals surface area contributed by atoms with E-state index < -0.39 is 0 Å². The van der Waals surface area contributed by atoms with Crippen LogP contribution in [-0.4, -0.2) is 25.0 Å². The van der Waals surface area contributed by atoms with Crippen molar-refractivity contribution in [2.45, 2.75) is 26.8 Å². The summed E-state index contributed by atoms with van der Waals surface area (Å²) in [6, 6.07) is -0.201. The number of nitrogens with one attached hydrogen (secondary N) is 2. The molecule has 0 aliphatic heterocycles. The van der Waals surface area contributed by atoms with E-state index in [1.165, 1.54) is 5.57 Å². The van der Waals surface area contributed by atoms with Crippen LogP contribution >= 0.6 is 0 Å². The lowest BCUT2D eigenvalue weighted by Gasteiger charge is -2.13. The van der Waals surface area contributed by atoms with E-state index in [2.05, 4.69) is 17.2 Å². The number of hydrogen-bond acceptors (Lipinski definition) is 2. The molecule has 1 atom stereocenters. The second-order valence-electron chi connectivity index (χ2n) is 4.06. The van der Waals surface area contributed by atoms with Gasteiger partial charge in [0, 0.05) is 13.1 Å². The summed E-state index contributed by atoms with van der Waals surface area (Å²) in [4.78, 5) is 11.5. The first-order valence-corrected chi connectivity index (χ1v) is 6.19. The molecule has 1 amide bonds. The highest BCUT2D eigenvalue weighted by Gasteiger charge is 2.09. The molecule has 0 bridgehead atoms. The third-order valence-electron chi connectivity index (χ3n) is 2.30. The fraction of sp³-hybridized carbons (Fsp3) is 0.400. The van der Waals surface area contributed by atoms with Crippen molar-refractivity contribution in [3.63, 3.8) is 0 Å². The van der Waals surface area contributed by atoms with Gasteiger partial charge in [0.05, 0.1) is 6.04 Å². The van der Waals surface area contributed by atoms with E-state index in [-0.39, 0.29) is 11.9 Å². The van der Waals surface area contributed by atoms with Crippen molar-refractivity contribution < 1.29 is 4.79 Å². The first kappa shape index (κ1) is 16.4. The van der Waals surface area contributed by atoms with Gasteiger partial charge in [-0.05, 0) is 20.8 Å². The van der Waals surface area contributed by atoms with E-state index in [0.29, 0.717) is 13.1 Å². The molecule has 0 fully saturated rings. The van der Waals surface area contributed by atoms with E-state index in [1.54, 1.807) is 6.08 Å². The molecule has 0 aliphatic carbocycles. The van der Waals surface area contributed by atoms with Gasteiger partial charge in [-0.25, -0.2) is 0 Å². The molecule has 0 aliphatic rings. The molecule has 0 aromatic heterocycles. The Labute approximate surface area is 110 Å². The van der Waals surface area contributed by atoms with Crippen LogP contribution in [0, 0.1) is 0 Å². The Kier molecular flexibility index (Phi) is 9.60. The maximum atomic E-state index is 11.5. The van der Waals surface area contributed by atoms with Gasteiger partial charge in [-0.1, -0.05) is 42.0 Å². The first-order valence-electron chi connectivity index (χ1n) is 6.19. The second-order valence-corrected chi connectivity index (χ2v) is 4.06. The van der Waals surface area contributed by atoms with Crippen LogP contribution in [0.2, 0.25) is 0 Å². The predicted octanol–water partition coefficient (Wildman–Crippen LogP) is 2.35. The minimum Gasteiger partial charge on any atom is -0.351 e. The van der Waals surface area contributed by atoms with Crippen molar-refractivity contribution in [2.75, 3.05) is 13.1 Å². The fourth-order valence-corrected chi connectivity index (χ4v) is 1.19. The summed E-state index contributed by atoms with van der Waals surface area (Å²) in [5, 5.41) is 5.92. The Bertz CT molecular complexity index is 340. The van der Waals surface area contributed by atoms with Crippen molar-refractivity contribution in [1.29, 1.82) is 0 Å². The average Bonchev–Trinajstić information content (AvgIpc) is 2.38. The van der Waals surface area contributed by atoms with E-state index >= 15 is 0 Å². The summed E-state index contributed by atoms with van der Waals surface area (Å²) in [6.45, 7) is 10.6. The standard InChI is InChI=1S/C15H24N2O/c1-5-7-8-9-10-13(3)12-17-14(4)15(18)16-11-6-2/h5-10,14,17H,2,11-12H2,1,3-4H3,(H,16,18)/b7-5-,9-8-,13-10+. The lowest BCUT2D eigenvalue weighted by molar-refractivity contribution is -0.122. The highest BCUT2D eigenvalue weighted by Crippen LogP contribution is 1.93. The molecule has 0 spiro atoms. The van der Waals surface area contributed by atoms with Crippen LogP contribution in [-0.2, 0) is 4.79 Å². The molecular weight excluding hydrogens is 224 g/mol. The van der Waals surface area contributed by atoms with Gasteiger partial charge in [-0.3, -0.25) is 4.79 Å². The average molecular weight is 248 g/mol. The van der Waals surface area contributed by atoms with Crippen molar-refractivity contribution in [2.24, 2.45) is 0 Å². The van der Waals surface area contributed by atoms with Crippen LogP contribution in [0.1, 0.15) is 20.8 Å². The molecule has 0 aromatic carbocycles. The van der Waals surface area contributed by atoms with E-state index in [4.69, 9.17) is 0 Å². The summed E-state index contributed by atoms with van der Waals surface area (Å²) in [5.74, 6) is -0.00726. The van der Waals surface area contributed by atoms with Crippen LogP contribution in [0.4, 0.5) is 0 Å². The highest BCUT2D eigenvalue weighted by molar-refractivity contribution is 5.81. The number of rotatable bonds is 8. The van der Waals surface area contributed by atoms with Crippen molar-refractivity contribution in [3.8, 4) is 0 Å². The van der Waals surface area contributed by atoms with Gasteiger partial charge >= 0.3 is 0 Å². The molecule has 100 valence electrons. The molecule has 18 heavy (non-hydrogen) atoms. The van der Waals surface area contributed by atoms with Gasteiger partial charge in [-0.15, -0.1) is 6.58 Å². The SMILES string of the molecule is C=CCNC(=O)C(C)NC/C(C)=C/C=C\C=C/C. The maximum absolute atomic E-state index is 11.5. The molecule has 0 saturated carbocycles. The number of allylic oxidation sites excluding steroid dienone is 5. The normalized spacial score (nSPS) is 14.1. The lowest BCUT2D eigenvalue weighted by atomic mass is 10.2. The number of carbonyl (C=O) groups excluding carboxylic acids is 1. The van der Waals surface area contributed by atoms with Crippen LogP contribution in [0.15, 0.2) is 48.6 Å². The van der Waals surface area contributed by atoms with Gasteiger partial charge < -0.3 is 10.6 Å². The summed E-state index contributed by atoms with van der Waals surface area (Å²) in [6.07, 6.45) is 11.6. The van der Waals surface area contributed by atoms with Gasteiger partial charge in [0.2, 0.25) is 5.91 Å². The Balaban J connectivity index is 4.00. The zero-order chi connectivity index (χ0) is 13.8. The monoisotopic (exact) mass is 248 g/mol. The second kappa shape index (κ2) is 10.5. The molecule has 0 saturated heterocycles. The van der Waals surface area contributed by atoms with Gasteiger partial charge in [-0.2, -0.15) is 0 Å². The summed E-state index contributed by atoms with van der Waals surface area (Å²) in [7, 11) is 0. The van der Waals surface area contributed by atoms with Gasteiger partial charge in [0.15, 0.2) is 0 Å². The number of amides is 1. The van der Waals surface area contributed by atoms with E-state index in [0.717, 1.165) is 0 Å². The minimum atomic E-state index is -0.201. The lowest BCUT2D eigenvalue weighted by Crippen LogP contribution is -2.42. The molecule has 3 heteroatoms. The number of hydrogen-bond donors (Lipinski definition) is 2. The Morgan fingerprint density at radius 2 is 2.06 bits per heavy atom. The van der Waals surface area contributed by atoms with Crippen molar-refractivity contribution in [1.82, 2.24) is 10.6 Å². The van der Waals surface area contributed by atoms with Crippen LogP contribution in [0.5, 0.6) is 0 Å². The predicted molar refractivity (Wildman–Crippen MR) is 78.4 cm³/mol. The fourth-order valence-electron chi connectivity index (χ4n) is 1.19. The Morgan fingerprint density at radius 3 is 2.67 bits per heavy atom. The zero-order valence-corrected chi connectivity index (χ0v) is 11.6. The minimum absolute atomic E-state index is 0.00726. The summed E-state index contributed by atoms with van der Waals surface area (Å²) < 4.78 is 0. The molecule has 1 unspecified atom stereocenters. The Hall–Kier alpha value is -1.61. The smallest absolute Gasteiger partial charge is 0.237 e.